The Kier molecular flexibility index (Phi) is 6.79. The molecule has 196 valence electrons. The molecule has 0 unspecified atom stereocenters. The number of benzene rings is 2. The number of aromatic nitrogens is 6. The number of pyridine rings is 1. The molecular weight excluding hydrogens is 499 g/mol. The second-order valence-corrected chi connectivity index (χ2v) is 8.81. The molecule has 0 atom stereocenters. The van der Waals surface area contributed by atoms with E-state index in [1.807, 2.05) is 42.5 Å². The van der Waals surface area contributed by atoms with Crippen molar-refractivity contribution in [2.45, 2.75) is 0 Å². The number of hydrogen-bond donors (Lipinski definition) is 1. The molecule has 0 bridgehead atoms. The smallest absolute Gasteiger partial charge is 0.227 e. The Morgan fingerprint density at radius 3 is 2.56 bits per heavy atom. The van der Waals surface area contributed by atoms with Gasteiger partial charge in [-0.15, -0.1) is 5.10 Å². The maximum atomic E-state index is 14.5. The van der Waals surface area contributed by atoms with E-state index >= 15 is 0 Å². The molecule has 5 aromatic rings. The van der Waals surface area contributed by atoms with Gasteiger partial charge in [-0.1, -0.05) is 6.07 Å². The van der Waals surface area contributed by atoms with Crippen LogP contribution in [0.2, 0.25) is 0 Å². The van der Waals surface area contributed by atoms with Crippen molar-refractivity contribution in [3.05, 3.63) is 85.1 Å². The first-order valence-corrected chi connectivity index (χ1v) is 12.4. The summed E-state index contributed by atoms with van der Waals surface area (Å²) in [7, 11) is 1.57. The van der Waals surface area contributed by atoms with E-state index in [4.69, 9.17) is 9.47 Å². The summed E-state index contributed by atoms with van der Waals surface area (Å²) in [5.41, 5.74) is 4.37. The fourth-order valence-corrected chi connectivity index (χ4v) is 4.29. The summed E-state index contributed by atoms with van der Waals surface area (Å²) in [6.07, 6.45) is 3.29. The van der Waals surface area contributed by atoms with E-state index in [1.54, 1.807) is 42.5 Å². The van der Waals surface area contributed by atoms with Crippen molar-refractivity contribution in [1.29, 1.82) is 0 Å². The van der Waals surface area contributed by atoms with Gasteiger partial charge < -0.3 is 19.7 Å². The second kappa shape index (κ2) is 10.8. The third kappa shape index (κ3) is 5.53. The highest BCUT2D eigenvalue weighted by molar-refractivity contribution is 5.67. The minimum absolute atomic E-state index is 0.309. The first-order chi connectivity index (χ1) is 19.1. The van der Waals surface area contributed by atoms with Crippen LogP contribution in [-0.2, 0) is 4.74 Å². The van der Waals surface area contributed by atoms with Crippen LogP contribution >= 0.6 is 0 Å². The van der Waals surface area contributed by atoms with Crippen LogP contribution in [0.25, 0.3) is 28.5 Å². The van der Waals surface area contributed by atoms with Crippen molar-refractivity contribution in [2.75, 3.05) is 43.6 Å². The van der Waals surface area contributed by atoms with Crippen molar-refractivity contribution in [1.82, 2.24) is 29.7 Å². The van der Waals surface area contributed by atoms with Crippen LogP contribution in [0, 0.1) is 5.82 Å². The number of hydrogen-bond acceptors (Lipinski definition) is 9. The molecule has 0 aliphatic carbocycles. The fourth-order valence-electron chi connectivity index (χ4n) is 4.29. The fraction of sp³-hybridized carbons (Fsp3) is 0.179. The van der Waals surface area contributed by atoms with Crippen LogP contribution in [0.5, 0.6) is 5.88 Å². The Hall–Kier alpha value is -4.90. The average molecular weight is 525 g/mol. The van der Waals surface area contributed by atoms with Crippen LogP contribution in [0.4, 0.5) is 21.7 Å². The van der Waals surface area contributed by atoms with Gasteiger partial charge in [0.1, 0.15) is 17.8 Å². The lowest BCUT2D eigenvalue weighted by molar-refractivity contribution is 0.122. The van der Waals surface area contributed by atoms with Crippen LogP contribution < -0.4 is 15.0 Å². The highest BCUT2D eigenvalue weighted by atomic mass is 19.1. The molecule has 11 heteroatoms. The molecular formula is C28H25FN8O2. The Bertz CT molecular complexity index is 1590. The van der Waals surface area contributed by atoms with Crippen LogP contribution in [0.15, 0.2) is 79.3 Å². The molecule has 1 N–H and O–H groups in total. The van der Waals surface area contributed by atoms with Gasteiger partial charge in [0, 0.05) is 42.3 Å². The summed E-state index contributed by atoms with van der Waals surface area (Å²) < 4.78 is 26.8. The number of rotatable bonds is 7. The topological polar surface area (TPSA) is 103 Å². The predicted molar refractivity (Wildman–Crippen MR) is 145 cm³/mol. The molecule has 1 aliphatic heterocycles. The highest BCUT2D eigenvalue weighted by Gasteiger charge is 2.15. The zero-order valence-corrected chi connectivity index (χ0v) is 21.2. The standard InChI is InChI=1S/C28H25FN8O2/c1-38-26-4-2-3-25(33-26)27-31-18-37(35-27)22-7-5-21(6-8-22)32-28-30-10-9-24(34-28)19-15-20(29)17-23(16-19)36-11-13-39-14-12-36/h2-10,15-18H,11-14H2,1H3,(H,30,32,34). The van der Waals surface area contributed by atoms with Crippen LogP contribution in [-0.4, -0.2) is 63.1 Å². The molecule has 1 fully saturated rings. The minimum atomic E-state index is -0.309. The minimum Gasteiger partial charge on any atom is -0.481 e. The maximum absolute atomic E-state index is 14.5. The first-order valence-electron chi connectivity index (χ1n) is 12.4. The lowest BCUT2D eigenvalue weighted by atomic mass is 10.1. The molecule has 0 amide bonds. The summed E-state index contributed by atoms with van der Waals surface area (Å²) >= 11 is 0. The average Bonchev–Trinajstić information content (AvgIpc) is 3.48. The van der Waals surface area contributed by atoms with Gasteiger partial charge in [-0.3, -0.25) is 0 Å². The third-order valence-corrected chi connectivity index (χ3v) is 6.25. The molecule has 3 aromatic heterocycles. The number of methoxy groups -OCH3 is 1. The Labute approximate surface area is 224 Å². The molecule has 4 heterocycles. The summed E-state index contributed by atoms with van der Waals surface area (Å²) in [5.74, 6) is 1.09. The molecule has 6 rings (SSSR count). The number of morpholine rings is 1. The van der Waals surface area contributed by atoms with E-state index in [2.05, 4.69) is 35.3 Å². The number of anilines is 3. The number of nitrogens with one attached hydrogen (secondary N) is 1. The van der Waals surface area contributed by atoms with Crippen LogP contribution in [0.1, 0.15) is 0 Å². The van der Waals surface area contributed by atoms with Gasteiger partial charge in [0.2, 0.25) is 11.8 Å². The molecule has 1 saturated heterocycles. The normalized spacial score (nSPS) is 13.3. The lowest BCUT2D eigenvalue weighted by Gasteiger charge is -2.29. The molecule has 0 saturated carbocycles. The highest BCUT2D eigenvalue weighted by Crippen LogP contribution is 2.27. The second-order valence-electron chi connectivity index (χ2n) is 8.81. The maximum Gasteiger partial charge on any atom is 0.227 e. The molecule has 2 aromatic carbocycles. The number of halogens is 1. The van der Waals surface area contributed by atoms with E-state index < -0.39 is 0 Å². The van der Waals surface area contributed by atoms with Crippen molar-refractivity contribution in [2.24, 2.45) is 0 Å². The first kappa shape index (κ1) is 24.4. The zero-order chi connectivity index (χ0) is 26.6. The van der Waals surface area contributed by atoms with E-state index in [-0.39, 0.29) is 5.82 Å². The summed E-state index contributed by atoms with van der Waals surface area (Å²) in [4.78, 5) is 19.8. The summed E-state index contributed by atoms with van der Waals surface area (Å²) in [5, 5.41) is 7.75. The lowest BCUT2D eigenvalue weighted by Crippen LogP contribution is -2.36. The van der Waals surface area contributed by atoms with E-state index in [1.165, 1.54) is 6.07 Å². The Morgan fingerprint density at radius 1 is 0.897 bits per heavy atom. The van der Waals surface area contributed by atoms with E-state index in [9.17, 15) is 4.39 Å². The Morgan fingerprint density at radius 2 is 1.74 bits per heavy atom. The Balaban J connectivity index is 1.18. The molecule has 0 radical (unpaired) electrons. The monoisotopic (exact) mass is 524 g/mol. The largest absolute Gasteiger partial charge is 0.481 e. The van der Waals surface area contributed by atoms with Crippen molar-refractivity contribution in [3.63, 3.8) is 0 Å². The number of nitrogens with zero attached hydrogens (tertiary/aromatic N) is 7. The van der Waals surface area contributed by atoms with Gasteiger partial charge in [0.15, 0.2) is 5.82 Å². The summed E-state index contributed by atoms with van der Waals surface area (Å²) in [6, 6.07) is 19.8. The van der Waals surface area contributed by atoms with Gasteiger partial charge in [0.05, 0.1) is 31.7 Å². The summed E-state index contributed by atoms with van der Waals surface area (Å²) in [6.45, 7) is 2.71. The van der Waals surface area contributed by atoms with E-state index in [0.717, 1.165) is 30.2 Å². The zero-order valence-electron chi connectivity index (χ0n) is 21.2. The molecule has 39 heavy (non-hydrogen) atoms. The van der Waals surface area contributed by atoms with Crippen molar-refractivity contribution >= 4 is 17.3 Å². The number of ether oxygens (including phenoxy) is 2. The third-order valence-electron chi connectivity index (χ3n) is 6.25. The van der Waals surface area contributed by atoms with Crippen LogP contribution in [0.3, 0.4) is 0 Å². The molecule has 0 spiro atoms. The van der Waals surface area contributed by atoms with Gasteiger partial charge in [-0.05, 0) is 54.6 Å². The van der Waals surface area contributed by atoms with Gasteiger partial charge >= 0.3 is 0 Å². The van der Waals surface area contributed by atoms with Gasteiger partial charge in [-0.2, -0.15) is 0 Å². The van der Waals surface area contributed by atoms with Crippen molar-refractivity contribution in [3.8, 4) is 34.3 Å². The van der Waals surface area contributed by atoms with Gasteiger partial charge in [-0.25, -0.2) is 29.0 Å². The van der Waals surface area contributed by atoms with Crippen molar-refractivity contribution < 1.29 is 13.9 Å². The molecule has 1 aliphatic rings. The molecule has 10 nitrogen and oxygen atoms in total. The quantitative estimate of drug-likeness (QED) is 0.329. The van der Waals surface area contributed by atoms with E-state index in [0.29, 0.717) is 47.8 Å². The predicted octanol–water partition coefficient (Wildman–Crippen LogP) is 4.51. The SMILES string of the molecule is COc1cccc(-c2ncn(-c3ccc(Nc4nccc(-c5cc(F)cc(N6CCOCC6)c5)n4)cc3)n2)n1. The van der Waals surface area contributed by atoms with Gasteiger partial charge in [0.25, 0.3) is 0 Å².